The number of carbonyl (C=O) groups excluding carboxylic acids is 1. The third-order valence-corrected chi connectivity index (χ3v) is 9.68. The Morgan fingerprint density at radius 3 is 2.76 bits per heavy atom. The van der Waals surface area contributed by atoms with Gasteiger partial charge in [0, 0.05) is 17.4 Å². The first-order valence-corrected chi connectivity index (χ1v) is 13.8. The van der Waals surface area contributed by atoms with Crippen LogP contribution in [0.15, 0.2) is 36.4 Å². The van der Waals surface area contributed by atoms with Gasteiger partial charge in [-0.2, -0.15) is 0 Å². The first-order chi connectivity index (χ1) is 17.8. The van der Waals surface area contributed by atoms with Crippen molar-refractivity contribution in [3.8, 4) is 11.5 Å². The molecule has 3 N–H and O–H groups in total. The number of nitrogens with one attached hydrogen (secondary N) is 1. The van der Waals surface area contributed by atoms with Gasteiger partial charge in [-0.15, -0.1) is 0 Å². The summed E-state index contributed by atoms with van der Waals surface area (Å²) >= 11 is 0. The number of hydrogen-bond donors (Lipinski definition) is 3. The van der Waals surface area contributed by atoms with E-state index >= 15 is 4.39 Å². The number of aromatic hydroxyl groups is 1. The van der Waals surface area contributed by atoms with Crippen molar-refractivity contribution in [1.29, 1.82) is 0 Å². The predicted octanol–water partition coefficient (Wildman–Crippen LogP) is 4.84. The number of benzene rings is 2. The van der Waals surface area contributed by atoms with Crippen LogP contribution in [0.4, 0.5) is 10.1 Å². The van der Waals surface area contributed by atoms with Crippen LogP contribution in [-0.2, 0) is 11.2 Å². The summed E-state index contributed by atoms with van der Waals surface area (Å²) in [7, 11) is 0. The highest BCUT2D eigenvalue weighted by atomic mass is 19.1. The van der Waals surface area contributed by atoms with Gasteiger partial charge in [0.15, 0.2) is 0 Å². The van der Waals surface area contributed by atoms with E-state index in [-0.39, 0.29) is 47.4 Å². The Hall–Kier alpha value is -2.64. The second-order valence-electron chi connectivity index (χ2n) is 11.9. The third-order valence-electron chi connectivity index (χ3n) is 9.68. The lowest BCUT2D eigenvalue weighted by Crippen LogP contribution is -2.51. The summed E-state index contributed by atoms with van der Waals surface area (Å²) in [5.74, 6) is 0.886. The van der Waals surface area contributed by atoms with Crippen molar-refractivity contribution in [3.63, 3.8) is 0 Å². The SMILES string of the molecule is C[C@]12C[C@H](Oc3ccc(NC(=O)CN4CCCC4)c(F)c3)[C@@H]3c4ccc(O)cc4CC[C@H]3[C@@H]1CC[C@@H]2O. The number of phenolic OH excluding ortho intramolecular Hbond substituents is 1. The fraction of sp³-hybridized carbons (Fsp3) is 0.567. The van der Waals surface area contributed by atoms with Gasteiger partial charge in [-0.3, -0.25) is 9.69 Å². The van der Waals surface area contributed by atoms with E-state index in [1.165, 1.54) is 11.6 Å². The van der Waals surface area contributed by atoms with E-state index in [2.05, 4.69) is 17.1 Å². The van der Waals surface area contributed by atoms with Crippen LogP contribution in [0.3, 0.4) is 0 Å². The number of fused-ring (bicyclic) bond motifs is 5. The van der Waals surface area contributed by atoms with Crippen LogP contribution in [0, 0.1) is 23.1 Å². The Morgan fingerprint density at radius 2 is 1.97 bits per heavy atom. The van der Waals surface area contributed by atoms with E-state index < -0.39 is 5.82 Å². The van der Waals surface area contributed by atoms with Crippen molar-refractivity contribution in [3.05, 3.63) is 53.3 Å². The van der Waals surface area contributed by atoms with Gasteiger partial charge in [0.05, 0.1) is 18.3 Å². The molecular formula is C30H37FN2O4. The van der Waals surface area contributed by atoms with Crippen LogP contribution >= 0.6 is 0 Å². The van der Waals surface area contributed by atoms with E-state index in [4.69, 9.17) is 4.74 Å². The second-order valence-corrected chi connectivity index (χ2v) is 11.9. The molecule has 198 valence electrons. The number of anilines is 1. The molecule has 0 unspecified atom stereocenters. The topological polar surface area (TPSA) is 82.0 Å². The van der Waals surface area contributed by atoms with Gasteiger partial charge < -0.3 is 20.3 Å². The van der Waals surface area contributed by atoms with Crippen molar-refractivity contribution in [1.82, 2.24) is 4.90 Å². The summed E-state index contributed by atoms with van der Waals surface area (Å²) in [5, 5.41) is 23.7. The Labute approximate surface area is 217 Å². The maximum atomic E-state index is 15.1. The Kier molecular flexibility index (Phi) is 6.40. The molecule has 6 rings (SSSR count). The molecule has 1 heterocycles. The zero-order valence-electron chi connectivity index (χ0n) is 21.5. The van der Waals surface area contributed by atoms with Crippen LogP contribution in [0.1, 0.15) is 62.5 Å². The number of phenols is 1. The summed E-state index contributed by atoms with van der Waals surface area (Å²) < 4.78 is 21.6. The Balaban J connectivity index is 1.25. The summed E-state index contributed by atoms with van der Waals surface area (Å²) in [6, 6.07) is 10.3. The number of amides is 1. The molecule has 1 saturated heterocycles. The molecule has 3 fully saturated rings. The van der Waals surface area contributed by atoms with Crippen molar-refractivity contribution in [2.75, 3.05) is 25.0 Å². The van der Waals surface area contributed by atoms with Gasteiger partial charge in [-0.05, 0) is 105 Å². The zero-order chi connectivity index (χ0) is 25.7. The summed E-state index contributed by atoms with van der Waals surface area (Å²) in [6.45, 7) is 4.28. The quantitative estimate of drug-likeness (QED) is 0.539. The number of carbonyl (C=O) groups is 1. The zero-order valence-corrected chi connectivity index (χ0v) is 21.5. The van der Waals surface area contributed by atoms with Gasteiger partial charge in [-0.1, -0.05) is 13.0 Å². The molecule has 37 heavy (non-hydrogen) atoms. The molecule has 6 atom stereocenters. The van der Waals surface area contributed by atoms with Crippen LogP contribution < -0.4 is 10.1 Å². The summed E-state index contributed by atoms with van der Waals surface area (Å²) in [5.41, 5.74) is 2.28. The fourth-order valence-corrected chi connectivity index (χ4v) is 7.88. The Morgan fingerprint density at radius 1 is 1.16 bits per heavy atom. The first kappa shape index (κ1) is 24.7. The maximum absolute atomic E-state index is 15.1. The number of aliphatic hydroxyl groups is 1. The molecule has 4 aliphatic rings. The largest absolute Gasteiger partial charge is 0.508 e. The van der Waals surface area contributed by atoms with Crippen molar-refractivity contribution in [2.45, 2.75) is 70.0 Å². The number of nitrogens with zero attached hydrogens (tertiary/aromatic N) is 1. The van der Waals surface area contributed by atoms with Crippen molar-refractivity contribution < 1.29 is 24.1 Å². The second kappa shape index (κ2) is 9.59. The predicted molar refractivity (Wildman–Crippen MR) is 139 cm³/mol. The van der Waals surface area contributed by atoms with Crippen molar-refractivity contribution in [2.24, 2.45) is 17.3 Å². The van der Waals surface area contributed by atoms with Crippen molar-refractivity contribution >= 4 is 11.6 Å². The highest BCUT2D eigenvalue weighted by Crippen LogP contribution is 2.61. The van der Waals surface area contributed by atoms with Crippen LogP contribution in [0.5, 0.6) is 11.5 Å². The fourth-order valence-electron chi connectivity index (χ4n) is 7.88. The molecule has 6 nitrogen and oxygen atoms in total. The lowest BCUT2D eigenvalue weighted by atomic mass is 9.54. The van der Waals surface area contributed by atoms with E-state index in [1.807, 2.05) is 12.1 Å². The summed E-state index contributed by atoms with van der Waals surface area (Å²) in [4.78, 5) is 14.5. The standard InChI is InChI=1S/C30H37FN2O4/c1-30-16-26(37-20-6-10-25(24(31)15-20)32-28(36)17-33-12-2-3-13-33)29-21-8-5-19(34)14-18(21)4-7-22(29)23(30)9-11-27(30)35/h5-6,8,10,14-15,22-23,26-27,29,34-35H,2-4,7,9,11-13,16-17H2,1H3,(H,32,36)/t22-,23-,26-,27-,29+,30-/m0/s1. The van der Waals surface area contributed by atoms with Gasteiger partial charge in [0.1, 0.15) is 23.4 Å². The van der Waals surface area contributed by atoms with Crippen LogP contribution in [0.25, 0.3) is 0 Å². The molecule has 2 aromatic carbocycles. The molecule has 1 aliphatic heterocycles. The number of aliphatic hydroxyl groups excluding tert-OH is 1. The van der Waals surface area contributed by atoms with E-state index in [9.17, 15) is 15.0 Å². The van der Waals surface area contributed by atoms with Gasteiger partial charge in [0.2, 0.25) is 5.91 Å². The highest BCUT2D eigenvalue weighted by Gasteiger charge is 2.58. The van der Waals surface area contributed by atoms with Gasteiger partial charge in [-0.25, -0.2) is 4.39 Å². The molecular weight excluding hydrogens is 471 g/mol. The highest BCUT2D eigenvalue weighted by molar-refractivity contribution is 5.92. The van der Waals surface area contributed by atoms with Crippen LogP contribution in [0.2, 0.25) is 0 Å². The number of ether oxygens (including phenoxy) is 1. The minimum atomic E-state index is -0.515. The third kappa shape index (κ3) is 4.50. The molecule has 0 aromatic heterocycles. The first-order valence-electron chi connectivity index (χ1n) is 13.8. The van der Waals surface area contributed by atoms with Crippen LogP contribution in [-0.4, -0.2) is 52.9 Å². The monoisotopic (exact) mass is 508 g/mol. The molecule has 0 radical (unpaired) electrons. The van der Waals surface area contributed by atoms with Gasteiger partial charge >= 0.3 is 0 Å². The molecule has 2 aromatic rings. The van der Waals surface area contributed by atoms with Gasteiger partial charge in [0.25, 0.3) is 0 Å². The molecule has 2 saturated carbocycles. The molecule has 1 amide bonds. The maximum Gasteiger partial charge on any atom is 0.238 e. The lowest BCUT2D eigenvalue weighted by molar-refractivity contribution is -0.117. The average Bonchev–Trinajstić information content (AvgIpc) is 3.47. The smallest absolute Gasteiger partial charge is 0.238 e. The number of hydrogen-bond acceptors (Lipinski definition) is 5. The van der Waals surface area contributed by atoms with E-state index in [1.54, 1.807) is 18.2 Å². The molecule has 0 spiro atoms. The van der Waals surface area contributed by atoms with E-state index in [0.29, 0.717) is 24.0 Å². The lowest BCUT2D eigenvalue weighted by Gasteiger charge is -2.53. The normalized spacial score (nSPS) is 32.9. The number of rotatable bonds is 5. The number of halogens is 1. The Bertz CT molecular complexity index is 1180. The molecule has 0 bridgehead atoms. The minimum Gasteiger partial charge on any atom is -0.508 e. The number of likely N-dealkylation sites (tertiary alicyclic amines) is 1. The molecule has 3 aliphatic carbocycles. The minimum absolute atomic E-state index is 0.121. The number of aryl methyl sites for hydroxylation is 1. The van der Waals surface area contributed by atoms with E-state index in [0.717, 1.165) is 57.2 Å². The summed E-state index contributed by atoms with van der Waals surface area (Å²) in [6.07, 6.45) is 6.01. The molecule has 7 heteroatoms. The average molecular weight is 509 g/mol.